The van der Waals surface area contributed by atoms with E-state index in [-0.39, 0.29) is 36.8 Å². The van der Waals surface area contributed by atoms with Crippen molar-refractivity contribution in [3.8, 4) is 0 Å². The van der Waals surface area contributed by atoms with Crippen molar-refractivity contribution in [2.75, 3.05) is 5.73 Å². The molecule has 0 spiro atoms. The van der Waals surface area contributed by atoms with E-state index < -0.39 is 0 Å². The highest BCUT2D eigenvalue weighted by molar-refractivity contribution is 5.85. The zero-order valence-corrected chi connectivity index (χ0v) is 14.4. The summed E-state index contributed by atoms with van der Waals surface area (Å²) in [7, 11) is 0. The van der Waals surface area contributed by atoms with Gasteiger partial charge in [-0.2, -0.15) is 5.10 Å². The van der Waals surface area contributed by atoms with Gasteiger partial charge in [-0.05, 0) is 48.6 Å². The average molecular weight is 357 g/mol. The number of nitrogens with zero attached hydrogens (tertiary/aromatic N) is 2. The zero-order chi connectivity index (χ0) is 14.7. The molecular formula is C16H22Cl2N4O. The Hall–Kier alpha value is -1.72. The van der Waals surface area contributed by atoms with Gasteiger partial charge < -0.3 is 11.1 Å². The van der Waals surface area contributed by atoms with E-state index in [4.69, 9.17) is 5.73 Å². The normalized spacial score (nSPS) is 15.7. The summed E-state index contributed by atoms with van der Waals surface area (Å²) in [6.45, 7) is 0.611. The molecule has 1 atom stereocenters. The molecule has 1 aromatic heterocycles. The summed E-state index contributed by atoms with van der Waals surface area (Å²) in [5.74, 6) is 0.0696. The van der Waals surface area contributed by atoms with Crippen molar-refractivity contribution in [1.29, 1.82) is 0 Å². The smallest absolute Gasteiger partial charge is 0.222 e. The van der Waals surface area contributed by atoms with Crippen molar-refractivity contribution in [2.45, 2.75) is 38.3 Å². The Morgan fingerprint density at radius 3 is 2.96 bits per heavy atom. The van der Waals surface area contributed by atoms with Crippen LogP contribution in [0.1, 0.15) is 36.4 Å². The largest absolute Gasteiger partial charge is 0.399 e. The van der Waals surface area contributed by atoms with Gasteiger partial charge in [0.2, 0.25) is 5.91 Å². The first-order valence-corrected chi connectivity index (χ1v) is 7.37. The second-order valence-corrected chi connectivity index (χ2v) is 5.49. The van der Waals surface area contributed by atoms with Crippen LogP contribution in [0.3, 0.4) is 0 Å². The lowest BCUT2D eigenvalue weighted by atomic mass is 9.87. The minimum absolute atomic E-state index is 0. The van der Waals surface area contributed by atoms with Crippen LogP contribution >= 0.6 is 24.8 Å². The van der Waals surface area contributed by atoms with Crippen molar-refractivity contribution in [2.24, 2.45) is 0 Å². The molecule has 3 rings (SSSR count). The van der Waals surface area contributed by atoms with Crippen LogP contribution in [-0.2, 0) is 17.8 Å². The van der Waals surface area contributed by atoms with E-state index in [1.165, 1.54) is 11.1 Å². The Balaban J connectivity index is 0.00000132. The van der Waals surface area contributed by atoms with Crippen LogP contribution in [0.15, 0.2) is 36.7 Å². The quantitative estimate of drug-likeness (QED) is 0.827. The Labute approximate surface area is 148 Å². The van der Waals surface area contributed by atoms with E-state index in [9.17, 15) is 4.79 Å². The van der Waals surface area contributed by atoms with E-state index in [2.05, 4.69) is 10.4 Å². The number of aromatic nitrogens is 2. The van der Waals surface area contributed by atoms with E-state index in [0.29, 0.717) is 13.0 Å². The number of carbonyl (C=O) groups is 1. The Morgan fingerprint density at radius 1 is 1.39 bits per heavy atom. The number of hydrogen-bond donors (Lipinski definition) is 2. The number of amides is 1. The van der Waals surface area contributed by atoms with Gasteiger partial charge in [0.25, 0.3) is 0 Å². The van der Waals surface area contributed by atoms with Crippen LogP contribution in [0.5, 0.6) is 0 Å². The highest BCUT2D eigenvalue weighted by atomic mass is 35.5. The summed E-state index contributed by atoms with van der Waals surface area (Å²) in [5.41, 5.74) is 9.10. The van der Waals surface area contributed by atoms with Crippen LogP contribution in [0.2, 0.25) is 0 Å². The van der Waals surface area contributed by atoms with Crippen LogP contribution in [0.25, 0.3) is 0 Å². The van der Waals surface area contributed by atoms with Gasteiger partial charge in [-0.25, -0.2) is 0 Å². The molecular weight excluding hydrogens is 335 g/mol. The van der Waals surface area contributed by atoms with Gasteiger partial charge in [0, 0.05) is 31.0 Å². The minimum atomic E-state index is 0. The molecule has 1 heterocycles. The SMILES string of the molecule is Cl.Cl.Nc1ccc2c(c1)CCCC2NC(=O)CCn1cccn1. The molecule has 0 bridgehead atoms. The summed E-state index contributed by atoms with van der Waals surface area (Å²) in [4.78, 5) is 12.1. The van der Waals surface area contributed by atoms with Gasteiger partial charge >= 0.3 is 0 Å². The molecule has 1 aliphatic rings. The number of carbonyl (C=O) groups excluding carboxylic acids is 1. The maximum atomic E-state index is 12.1. The summed E-state index contributed by atoms with van der Waals surface area (Å²) in [6, 6.07) is 7.95. The number of halogens is 2. The molecule has 1 aromatic carbocycles. The number of hydrogen-bond acceptors (Lipinski definition) is 3. The third-order valence-corrected chi connectivity index (χ3v) is 3.94. The molecule has 7 heteroatoms. The Morgan fingerprint density at radius 2 is 2.22 bits per heavy atom. The third kappa shape index (κ3) is 4.88. The number of nitrogens with one attached hydrogen (secondary N) is 1. The van der Waals surface area contributed by atoms with Crippen molar-refractivity contribution in [3.05, 3.63) is 47.8 Å². The van der Waals surface area contributed by atoms with Gasteiger partial charge in [0.1, 0.15) is 0 Å². The topological polar surface area (TPSA) is 72.9 Å². The second kappa shape index (κ2) is 8.79. The molecule has 23 heavy (non-hydrogen) atoms. The van der Waals surface area contributed by atoms with Gasteiger partial charge in [-0.15, -0.1) is 24.8 Å². The Kier molecular flexibility index (Phi) is 7.39. The number of rotatable bonds is 4. The van der Waals surface area contributed by atoms with Crippen LogP contribution in [-0.4, -0.2) is 15.7 Å². The first kappa shape index (κ1) is 19.3. The van der Waals surface area contributed by atoms with Gasteiger partial charge in [0.15, 0.2) is 0 Å². The average Bonchev–Trinajstić information content (AvgIpc) is 2.98. The lowest BCUT2D eigenvalue weighted by molar-refractivity contribution is -0.122. The number of anilines is 1. The first-order valence-electron chi connectivity index (χ1n) is 7.37. The van der Waals surface area contributed by atoms with Crippen molar-refractivity contribution < 1.29 is 4.79 Å². The lowest BCUT2D eigenvalue weighted by Crippen LogP contribution is -2.31. The molecule has 0 saturated heterocycles. The fourth-order valence-corrected chi connectivity index (χ4v) is 2.90. The molecule has 0 radical (unpaired) electrons. The molecule has 0 fully saturated rings. The number of fused-ring (bicyclic) bond motifs is 1. The number of nitrogens with two attached hydrogens (primary N) is 1. The summed E-state index contributed by atoms with van der Waals surface area (Å²) >= 11 is 0. The van der Waals surface area contributed by atoms with E-state index in [1.807, 2.05) is 30.5 Å². The van der Waals surface area contributed by atoms with Crippen LogP contribution < -0.4 is 11.1 Å². The fourth-order valence-electron chi connectivity index (χ4n) is 2.90. The predicted octanol–water partition coefficient (Wildman–Crippen LogP) is 2.89. The maximum absolute atomic E-state index is 12.1. The monoisotopic (exact) mass is 356 g/mol. The highest BCUT2D eigenvalue weighted by Gasteiger charge is 2.21. The molecule has 3 N–H and O–H groups in total. The number of nitrogen functional groups attached to an aromatic ring is 1. The molecule has 126 valence electrons. The van der Waals surface area contributed by atoms with E-state index in [0.717, 1.165) is 24.9 Å². The Bertz CT molecular complexity index is 631. The fraction of sp³-hybridized carbons (Fsp3) is 0.375. The van der Waals surface area contributed by atoms with E-state index >= 15 is 0 Å². The minimum Gasteiger partial charge on any atom is -0.399 e. The van der Waals surface area contributed by atoms with Crippen LogP contribution in [0.4, 0.5) is 5.69 Å². The predicted molar refractivity (Wildman–Crippen MR) is 96.0 cm³/mol. The standard InChI is InChI=1S/C16H20N4O.2ClH/c17-13-5-6-14-12(11-13)3-1-4-15(14)19-16(21)7-10-20-9-2-8-18-20;;/h2,5-6,8-9,11,15H,1,3-4,7,10,17H2,(H,19,21);2*1H. The summed E-state index contributed by atoms with van der Waals surface area (Å²) < 4.78 is 1.77. The zero-order valence-electron chi connectivity index (χ0n) is 12.8. The lowest BCUT2D eigenvalue weighted by Gasteiger charge is -2.26. The van der Waals surface area contributed by atoms with Crippen molar-refractivity contribution in [1.82, 2.24) is 15.1 Å². The van der Waals surface area contributed by atoms with Crippen molar-refractivity contribution in [3.63, 3.8) is 0 Å². The molecule has 2 aromatic rings. The summed E-state index contributed by atoms with van der Waals surface area (Å²) in [5, 5.41) is 7.24. The molecule has 5 nitrogen and oxygen atoms in total. The van der Waals surface area contributed by atoms with Gasteiger partial charge in [0.05, 0.1) is 6.04 Å². The molecule has 1 amide bonds. The van der Waals surface area contributed by atoms with E-state index in [1.54, 1.807) is 10.9 Å². The highest BCUT2D eigenvalue weighted by Crippen LogP contribution is 2.30. The first-order chi connectivity index (χ1) is 10.2. The second-order valence-electron chi connectivity index (χ2n) is 5.49. The van der Waals surface area contributed by atoms with Crippen LogP contribution in [0, 0.1) is 0 Å². The molecule has 0 saturated carbocycles. The molecule has 0 aliphatic heterocycles. The maximum Gasteiger partial charge on any atom is 0.222 e. The number of benzene rings is 1. The third-order valence-electron chi connectivity index (χ3n) is 3.94. The molecule has 1 aliphatic carbocycles. The molecule has 1 unspecified atom stereocenters. The number of aryl methyl sites for hydroxylation is 2. The van der Waals surface area contributed by atoms with Gasteiger partial charge in [-0.3, -0.25) is 9.48 Å². The van der Waals surface area contributed by atoms with Crippen molar-refractivity contribution >= 4 is 36.4 Å². The summed E-state index contributed by atoms with van der Waals surface area (Å²) in [6.07, 6.45) is 7.15. The van der Waals surface area contributed by atoms with Gasteiger partial charge in [-0.1, -0.05) is 6.07 Å².